The highest BCUT2D eigenvalue weighted by molar-refractivity contribution is 5.85. The molecular formula is C13H18Cl2N4. The van der Waals surface area contributed by atoms with E-state index in [1.54, 1.807) is 0 Å². The van der Waals surface area contributed by atoms with Gasteiger partial charge >= 0.3 is 0 Å². The maximum Gasteiger partial charge on any atom is 0.129 e. The molecule has 0 amide bonds. The van der Waals surface area contributed by atoms with Gasteiger partial charge in [0.15, 0.2) is 0 Å². The van der Waals surface area contributed by atoms with Crippen LogP contribution in [-0.2, 0) is 13.1 Å². The first kappa shape index (κ1) is 15.8. The van der Waals surface area contributed by atoms with Crippen molar-refractivity contribution in [2.24, 2.45) is 0 Å². The van der Waals surface area contributed by atoms with Gasteiger partial charge in [-0.3, -0.25) is 0 Å². The predicted molar refractivity (Wildman–Crippen MR) is 82.5 cm³/mol. The van der Waals surface area contributed by atoms with Gasteiger partial charge in [0, 0.05) is 25.2 Å². The normalized spacial score (nSPS) is 13.3. The fourth-order valence-electron chi connectivity index (χ4n) is 2.13. The standard InChI is InChI=1S/C13H16N4.2ClH/c1-2-4-11(5-3-1)10-17-13-12(9-16-17)8-14-6-7-15-13;;/h1-5,9,14-15H,6-8,10H2;2*1H. The molecule has 1 aliphatic rings. The van der Waals surface area contributed by atoms with Crippen molar-refractivity contribution in [1.29, 1.82) is 0 Å². The summed E-state index contributed by atoms with van der Waals surface area (Å²) in [5.41, 5.74) is 2.52. The molecule has 2 heterocycles. The van der Waals surface area contributed by atoms with Crippen LogP contribution in [0, 0.1) is 0 Å². The molecule has 19 heavy (non-hydrogen) atoms. The molecule has 0 bridgehead atoms. The van der Waals surface area contributed by atoms with Crippen LogP contribution in [0.5, 0.6) is 0 Å². The van der Waals surface area contributed by atoms with Crippen molar-refractivity contribution in [2.75, 3.05) is 18.4 Å². The zero-order valence-electron chi connectivity index (χ0n) is 10.5. The number of hydrogen-bond donors (Lipinski definition) is 2. The van der Waals surface area contributed by atoms with E-state index in [9.17, 15) is 0 Å². The van der Waals surface area contributed by atoms with Crippen LogP contribution in [0.15, 0.2) is 36.5 Å². The molecule has 4 nitrogen and oxygen atoms in total. The molecule has 1 aromatic heterocycles. The van der Waals surface area contributed by atoms with Crippen LogP contribution in [0.3, 0.4) is 0 Å². The maximum atomic E-state index is 4.45. The zero-order chi connectivity index (χ0) is 11.5. The van der Waals surface area contributed by atoms with E-state index in [1.165, 1.54) is 11.1 Å². The summed E-state index contributed by atoms with van der Waals surface area (Å²) in [6.07, 6.45) is 1.95. The van der Waals surface area contributed by atoms with Crippen molar-refractivity contribution in [3.05, 3.63) is 47.7 Å². The van der Waals surface area contributed by atoms with Crippen LogP contribution in [0.25, 0.3) is 0 Å². The van der Waals surface area contributed by atoms with E-state index < -0.39 is 0 Å². The van der Waals surface area contributed by atoms with Crippen LogP contribution in [0.2, 0.25) is 0 Å². The van der Waals surface area contributed by atoms with Crippen molar-refractivity contribution in [3.63, 3.8) is 0 Å². The molecule has 6 heteroatoms. The van der Waals surface area contributed by atoms with Gasteiger partial charge in [0.05, 0.1) is 12.7 Å². The number of rotatable bonds is 2. The number of benzene rings is 1. The quantitative estimate of drug-likeness (QED) is 0.894. The van der Waals surface area contributed by atoms with Crippen molar-refractivity contribution in [2.45, 2.75) is 13.1 Å². The van der Waals surface area contributed by atoms with Gasteiger partial charge in [0.25, 0.3) is 0 Å². The minimum absolute atomic E-state index is 0. The molecule has 104 valence electrons. The van der Waals surface area contributed by atoms with Gasteiger partial charge in [-0.25, -0.2) is 4.68 Å². The Morgan fingerprint density at radius 1 is 1.11 bits per heavy atom. The third-order valence-electron chi connectivity index (χ3n) is 3.00. The Morgan fingerprint density at radius 3 is 2.68 bits per heavy atom. The molecule has 0 fully saturated rings. The van der Waals surface area contributed by atoms with E-state index in [2.05, 4.69) is 40.0 Å². The van der Waals surface area contributed by atoms with Crippen LogP contribution in [0.1, 0.15) is 11.1 Å². The highest BCUT2D eigenvalue weighted by atomic mass is 35.5. The van der Waals surface area contributed by atoms with E-state index in [4.69, 9.17) is 0 Å². The monoisotopic (exact) mass is 300 g/mol. The third kappa shape index (κ3) is 3.62. The molecule has 0 saturated heterocycles. The van der Waals surface area contributed by atoms with E-state index in [1.807, 2.05) is 16.9 Å². The first-order valence-corrected chi connectivity index (χ1v) is 5.97. The zero-order valence-corrected chi connectivity index (χ0v) is 12.1. The Morgan fingerprint density at radius 2 is 1.89 bits per heavy atom. The number of nitrogens with one attached hydrogen (secondary N) is 2. The number of aromatic nitrogens is 2. The number of fused-ring (bicyclic) bond motifs is 1. The molecule has 0 spiro atoms. The lowest BCUT2D eigenvalue weighted by atomic mass is 10.2. The molecular weight excluding hydrogens is 283 g/mol. The summed E-state index contributed by atoms with van der Waals surface area (Å²) >= 11 is 0. The maximum absolute atomic E-state index is 4.45. The molecule has 0 aliphatic carbocycles. The van der Waals surface area contributed by atoms with Crippen molar-refractivity contribution >= 4 is 30.6 Å². The Bertz CT molecular complexity index is 499. The Labute approximate surface area is 125 Å². The summed E-state index contributed by atoms with van der Waals surface area (Å²) in [5.74, 6) is 1.15. The molecule has 1 aliphatic heterocycles. The van der Waals surface area contributed by atoms with Gasteiger partial charge in [-0.15, -0.1) is 24.8 Å². The Kier molecular flexibility index (Phi) is 6.15. The van der Waals surface area contributed by atoms with Gasteiger partial charge in [-0.2, -0.15) is 5.10 Å². The lowest BCUT2D eigenvalue weighted by Gasteiger charge is -2.09. The molecule has 2 N–H and O–H groups in total. The summed E-state index contributed by atoms with van der Waals surface area (Å²) in [6.45, 7) is 3.67. The van der Waals surface area contributed by atoms with Crippen LogP contribution in [-0.4, -0.2) is 22.9 Å². The fraction of sp³-hybridized carbons (Fsp3) is 0.308. The summed E-state index contributed by atoms with van der Waals surface area (Å²) in [7, 11) is 0. The van der Waals surface area contributed by atoms with E-state index in [0.717, 1.165) is 32.0 Å². The molecule has 0 atom stereocenters. The van der Waals surface area contributed by atoms with Crippen LogP contribution >= 0.6 is 24.8 Å². The van der Waals surface area contributed by atoms with E-state index >= 15 is 0 Å². The molecule has 0 radical (unpaired) electrons. The lowest BCUT2D eigenvalue weighted by molar-refractivity contribution is 0.687. The first-order chi connectivity index (χ1) is 8.43. The second-order valence-corrected chi connectivity index (χ2v) is 4.27. The fourth-order valence-corrected chi connectivity index (χ4v) is 2.13. The molecule has 0 saturated carbocycles. The van der Waals surface area contributed by atoms with Crippen molar-refractivity contribution in [1.82, 2.24) is 15.1 Å². The summed E-state index contributed by atoms with van der Waals surface area (Å²) in [5, 5.41) is 11.2. The summed E-state index contributed by atoms with van der Waals surface area (Å²) < 4.78 is 2.04. The molecule has 1 aromatic carbocycles. The van der Waals surface area contributed by atoms with Gasteiger partial charge < -0.3 is 10.6 Å². The van der Waals surface area contributed by atoms with E-state index in [0.29, 0.717) is 0 Å². The average Bonchev–Trinajstić information content (AvgIpc) is 2.61. The van der Waals surface area contributed by atoms with Gasteiger partial charge in [-0.1, -0.05) is 30.3 Å². The SMILES string of the molecule is Cl.Cl.c1ccc(Cn2ncc3c2NCCNC3)cc1. The third-order valence-corrected chi connectivity index (χ3v) is 3.00. The summed E-state index contributed by atoms with van der Waals surface area (Å²) in [6, 6.07) is 10.4. The van der Waals surface area contributed by atoms with Gasteiger partial charge in [0.1, 0.15) is 5.82 Å². The first-order valence-electron chi connectivity index (χ1n) is 5.97. The second kappa shape index (κ2) is 7.38. The summed E-state index contributed by atoms with van der Waals surface area (Å²) in [4.78, 5) is 0. The number of hydrogen-bond acceptors (Lipinski definition) is 3. The lowest BCUT2D eigenvalue weighted by Crippen LogP contribution is -2.18. The van der Waals surface area contributed by atoms with Gasteiger partial charge in [-0.05, 0) is 5.56 Å². The average molecular weight is 301 g/mol. The highest BCUT2D eigenvalue weighted by Gasteiger charge is 2.12. The largest absolute Gasteiger partial charge is 0.369 e. The van der Waals surface area contributed by atoms with Crippen LogP contribution < -0.4 is 10.6 Å². The van der Waals surface area contributed by atoms with Crippen molar-refractivity contribution < 1.29 is 0 Å². The van der Waals surface area contributed by atoms with Crippen molar-refractivity contribution in [3.8, 4) is 0 Å². The highest BCUT2D eigenvalue weighted by Crippen LogP contribution is 2.17. The minimum Gasteiger partial charge on any atom is -0.369 e. The minimum atomic E-state index is 0. The number of nitrogens with zero attached hydrogens (tertiary/aromatic N) is 2. The number of halogens is 2. The second-order valence-electron chi connectivity index (χ2n) is 4.27. The van der Waals surface area contributed by atoms with E-state index in [-0.39, 0.29) is 24.8 Å². The Hall–Kier alpha value is -1.23. The Balaban J connectivity index is 0.000000902. The van der Waals surface area contributed by atoms with Crippen LogP contribution in [0.4, 0.5) is 5.82 Å². The number of anilines is 1. The molecule has 3 rings (SSSR count). The topological polar surface area (TPSA) is 41.9 Å². The molecule has 2 aromatic rings. The smallest absolute Gasteiger partial charge is 0.129 e. The predicted octanol–water partition coefficient (Wildman–Crippen LogP) is 2.29. The van der Waals surface area contributed by atoms with Gasteiger partial charge in [0.2, 0.25) is 0 Å². The molecule has 0 unspecified atom stereocenters.